The van der Waals surface area contributed by atoms with Crippen molar-refractivity contribution in [1.82, 2.24) is 0 Å². The molecule has 0 saturated heterocycles. The van der Waals surface area contributed by atoms with Gasteiger partial charge in [0.25, 0.3) is 0 Å². The fourth-order valence-corrected chi connectivity index (χ4v) is 2.78. The third-order valence-electron chi connectivity index (χ3n) is 4.49. The molecule has 0 fully saturated rings. The van der Waals surface area contributed by atoms with Crippen molar-refractivity contribution in [2.24, 2.45) is 5.92 Å². The average molecular weight is 352 g/mol. The number of rotatable bonds is 9. The summed E-state index contributed by atoms with van der Waals surface area (Å²) in [6.07, 6.45) is 2.11. The molecule has 0 aliphatic rings. The Labute approximate surface area is 156 Å². The van der Waals surface area contributed by atoms with Gasteiger partial charge >= 0.3 is 5.97 Å². The first-order valence-corrected chi connectivity index (χ1v) is 9.37. The van der Waals surface area contributed by atoms with Crippen LogP contribution in [-0.2, 0) is 16.0 Å². The van der Waals surface area contributed by atoms with Crippen molar-refractivity contribution in [3.63, 3.8) is 0 Å². The first kappa shape index (κ1) is 19.9. The summed E-state index contributed by atoms with van der Waals surface area (Å²) in [5.74, 6) is -1.01. The molecular weight excluding hydrogens is 324 g/mol. The van der Waals surface area contributed by atoms with Crippen molar-refractivity contribution in [2.75, 3.05) is 6.61 Å². The van der Waals surface area contributed by atoms with Gasteiger partial charge < -0.3 is 4.74 Å². The summed E-state index contributed by atoms with van der Waals surface area (Å²) in [5, 5.41) is 0. The van der Waals surface area contributed by atoms with Crippen LogP contribution >= 0.6 is 0 Å². The number of Topliss-reactive ketones (excluding diaryl/α,β-unsaturated/α-hetero) is 1. The van der Waals surface area contributed by atoms with Crippen molar-refractivity contribution in [3.05, 3.63) is 71.3 Å². The third kappa shape index (κ3) is 5.55. The molecule has 0 bridgehead atoms. The van der Waals surface area contributed by atoms with Gasteiger partial charge in [0.05, 0.1) is 6.61 Å². The maximum absolute atomic E-state index is 13.0. The number of carbonyl (C=O) groups is 2. The molecule has 0 spiro atoms. The topological polar surface area (TPSA) is 43.4 Å². The van der Waals surface area contributed by atoms with E-state index in [0.29, 0.717) is 24.5 Å². The maximum atomic E-state index is 13.0. The quantitative estimate of drug-likeness (QED) is 0.270. The number of ketones is 1. The highest BCUT2D eigenvalue weighted by Gasteiger charge is 2.29. The van der Waals surface area contributed by atoms with Crippen LogP contribution in [0.4, 0.5) is 0 Å². The number of ether oxygens (including phenoxy) is 1. The fraction of sp³-hybridized carbons (Fsp3) is 0.391. The van der Waals surface area contributed by atoms with Gasteiger partial charge in [-0.3, -0.25) is 9.59 Å². The number of hydrogen-bond acceptors (Lipinski definition) is 3. The Bertz CT molecular complexity index is 702. The summed E-state index contributed by atoms with van der Waals surface area (Å²) in [7, 11) is 0. The van der Waals surface area contributed by atoms with E-state index in [4.69, 9.17) is 4.74 Å². The Hall–Kier alpha value is -2.42. The Balaban J connectivity index is 2.20. The highest BCUT2D eigenvalue weighted by Crippen LogP contribution is 2.20. The van der Waals surface area contributed by atoms with E-state index < -0.39 is 11.9 Å². The van der Waals surface area contributed by atoms with E-state index in [1.54, 1.807) is 0 Å². The smallest absolute Gasteiger partial charge is 0.317 e. The SMILES string of the molecule is CCCCOC(=O)C(Cc1ccccc1)C(=O)c1ccc(C(C)C)cc1. The molecule has 2 rings (SSSR count). The van der Waals surface area contributed by atoms with Gasteiger partial charge in [0.1, 0.15) is 5.92 Å². The average Bonchev–Trinajstić information content (AvgIpc) is 2.66. The largest absolute Gasteiger partial charge is 0.465 e. The molecule has 1 unspecified atom stereocenters. The standard InChI is InChI=1S/C23H28O3/c1-4-5-15-26-23(25)21(16-18-9-7-6-8-10-18)22(24)20-13-11-19(12-14-20)17(2)3/h6-14,17,21H,4-5,15-16H2,1-3H3. The van der Waals surface area contributed by atoms with Crippen LogP contribution in [0.5, 0.6) is 0 Å². The van der Waals surface area contributed by atoms with Crippen LogP contribution in [-0.4, -0.2) is 18.4 Å². The molecule has 1 atom stereocenters. The molecule has 0 radical (unpaired) electrons. The zero-order valence-electron chi connectivity index (χ0n) is 15.9. The van der Waals surface area contributed by atoms with Gasteiger partial charge in [-0.05, 0) is 29.9 Å². The van der Waals surface area contributed by atoms with Crippen molar-refractivity contribution in [1.29, 1.82) is 0 Å². The van der Waals surface area contributed by atoms with E-state index in [0.717, 1.165) is 18.4 Å². The van der Waals surface area contributed by atoms with E-state index in [1.807, 2.05) is 61.5 Å². The van der Waals surface area contributed by atoms with E-state index in [9.17, 15) is 9.59 Å². The first-order valence-electron chi connectivity index (χ1n) is 9.37. The number of esters is 1. The monoisotopic (exact) mass is 352 g/mol. The molecule has 3 nitrogen and oxygen atoms in total. The molecule has 0 aromatic heterocycles. The lowest BCUT2D eigenvalue weighted by Crippen LogP contribution is -2.28. The Morgan fingerprint density at radius 1 is 0.962 bits per heavy atom. The van der Waals surface area contributed by atoms with Gasteiger partial charge in [-0.25, -0.2) is 0 Å². The van der Waals surface area contributed by atoms with Crippen LogP contribution in [0.3, 0.4) is 0 Å². The summed E-state index contributed by atoms with van der Waals surface area (Å²) in [6, 6.07) is 17.2. The van der Waals surface area contributed by atoms with Crippen LogP contribution in [0.2, 0.25) is 0 Å². The molecule has 2 aromatic rings. The van der Waals surface area contributed by atoms with Gasteiger partial charge in [-0.2, -0.15) is 0 Å². The predicted molar refractivity (Wildman–Crippen MR) is 104 cm³/mol. The molecule has 0 N–H and O–H groups in total. The third-order valence-corrected chi connectivity index (χ3v) is 4.49. The second-order valence-electron chi connectivity index (χ2n) is 6.90. The normalized spacial score (nSPS) is 12.0. The van der Waals surface area contributed by atoms with Crippen molar-refractivity contribution in [2.45, 2.75) is 46.0 Å². The molecule has 0 saturated carbocycles. The second-order valence-corrected chi connectivity index (χ2v) is 6.90. The Morgan fingerprint density at radius 3 is 2.19 bits per heavy atom. The highest BCUT2D eigenvalue weighted by molar-refractivity contribution is 6.08. The zero-order chi connectivity index (χ0) is 18.9. The molecule has 138 valence electrons. The van der Waals surface area contributed by atoms with Crippen LogP contribution in [0.1, 0.15) is 61.0 Å². The summed E-state index contributed by atoms with van der Waals surface area (Å²) < 4.78 is 5.36. The molecule has 0 amide bonds. The molecule has 0 aliphatic carbocycles. The fourth-order valence-electron chi connectivity index (χ4n) is 2.78. The minimum atomic E-state index is -0.806. The molecule has 2 aromatic carbocycles. The Kier molecular flexibility index (Phi) is 7.58. The second kappa shape index (κ2) is 9.91. The minimum absolute atomic E-state index is 0.175. The zero-order valence-corrected chi connectivity index (χ0v) is 15.9. The summed E-state index contributed by atoms with van der Waals surface area (Å²) >= 11 is 0. The van der Waals surface area contributed by atoms with E-state index in [-0.39, 0.29) is 5.78 Å². The lowest BCUT2D eigenvalue weighted by Gasteiger charge is -2.16. The van der Waals surface area contributed by atoms with Gasteiger partial charge in [-0.1, -0.05) is 81.8 Å². The summed E-state index contributed by atoms with van der Waals surface area (Å²) in [5.41, 5.74) is 2.69. The Morgan fingerprint density at radius 2 is 1.62 bits per heavy atom. The number of benzene rings is 2. The number of unbranched alkanes of at least 4 members (excludes halogenated alkanes) is 1. The van der Waals surface area contributed by atoms with Crippen molar-refractivity contribution in [3.8, 4) is 0 Å². The van der Waals surface area contributed by atoms with E-state index >= 15 is 0 Å². The number of hydrogen-bond donors (Lipinski definition) is 0. The van der Waals surface area contributed by atoms with Gasteiger partial charge in [-0.15, -0.1) is 0 Å². The minimum Gasteiger partial charge on any atom is -0.465 e. The van der Waals surface area contributed by atoms with Crippen molar-refractivity contribution < 1.29 is 14.3 Å². The van der Waals surface area contributed by atoms with Crippen molar-refractivity contribution >= 4 is 11.8 Å². The van der Waals surface area contributed by atoms with Crippen LogP contribution in [0.25, 0.3) is 0 Å². The van der Waals surface area contributed by atoms with Crippen LogP contribution in [0, 0.1) is 5.92 Å². The predicted octanol–water partition coefficient (Wildman–Crippen LogP) is 5.19. The van der Waals surface area contributed by atoms with Crippen LogP contribution in [0.15, 0.2) is 54.6 Å². The first-order chi connectivity index (χ1) is 12.5. The molecule has 0 heterocycles. The van der Waals surface area contributed by atoms with Crippen LogP contribution < -0.4 is 0 Å². The molecule has 3 heteroatoms. The molecule has 26 heavy (non-hydrogen) atoms. The summed E-state index contributed by atoms with van der Waals surface area (Å²) in [6.45, 7) is 6.62. The molecule has 0 aliphatic heterocycles. The van der Waals surface area contributed by atoms with Gasteiger partial charge in [0.2, 0.25) is 0 Å². The lowest BCUT2D eigenvalue weighted by molar-refractivity contribution is -0.146. The molecular formula is C23H28O3. The highest BCUT2D eigenvalue weighted by atomic mass is 16.5. The van der Waals surface area contributed by atoms with E-state index in [1.165, 1.54) is 5.56 Å². The summed E-state index contributed by atoms with van der Waals surface area (Å²) in [4.78, 5) is 25.6. The number of carbonyl (C=O) groups excluding carboxylic acids is 2. The lowest BCUT2D eigenvalue weighted by atomic mass is 9.90. The van der Waals surface area contributed by atoms with E-state index in [2.05, 4.69) is 13.8 Å². The maximum Gasteiger partial charge on any atom is 0.317 e. The van der Waals surface area contributed by atoms with Gasteiger partial charge in [0.15, 0.2) is 5.78 Å². The van der Waals surface area contributed by atoms with Gasteiger partial charge in [0, 0.05) is 5.56 Å².